The van der Waals surface area contributed by atoms with Crippen molar-refractivity contribution in [1.82, 2.24) is 15.5 Å². The highest BCUT2D eigenvalue weighted by atomic mass is 32.1. The molecule has 0 atom stereocenters. The summed E-state index contributed by atoms with van der Waals surface area (Å²) in [6.45, 7) is 6.29. The summed E-state index contributed by atoms with van der Waals surface area (Å²) in [7, 11) is 0. The van der Waals surface area contributed by atoms with Crippen LogP contribution in [0, 0.1) is 5.92 Å². The molecule has 0 saturated carbocycles. The van der Waals surface area contributed by atoms with Gasteiger partial charge in [-0.15, -0.1) is 0 Å². The van der Waals surface area contributed by atoms with Gasteiger partial charge in [-0.2, -0.15) is 16.3 Å². The van der Waals surface area contributed by atoms with Crippen LogP contribution in [0.25, 0.3) is 11.4 Å². The SMILES string of the molecule is CC(C)COCCCNC(=O)CCc1nc(-c2ccsc2)no1. The topological polar surface area (TPSA) is 77.2 Å². The third-order valence-electron chi connectivity index (χ3n) is 3.05. The zero-order valence-electron chi connectivity index (χ0n) is 13.6. The molecule has 0 unspecified atom stereocenters. The van der Waals surface area contributed by atoms with Crippen molar-refractivity contribution in [2.45, 2.75) is 33.1 Å². The second-order valence-corrected chi connectivity index (χ2v) is 6.48. The van der Waals surface area contributed by atoms with E-state index in [4.69, 9.17) is 9.26 Å². The summed E-state index contributed by atoms with van der Waals surface area (Å²) in [6.07, 6.45) is 1.62. The molecule has 0 aliphatic carbocycles. The van der Waals surface area contributed by atoms with Gasteiger partial charge in [0.25, 0.3) is 0 Å². The standard InChI is InChI=1S/C16H23N3O3S/c1-12(2)10-21-8-3-7-17-14(20)4-5-15-18-16(19-22-15)13-6-9-23-11-13/h6,9,11-12H,3-5,7-8,10H2,1-2H3,(H,17,20). The quantitative estimate of drug-likeness (QED) is 0.675. The molecular weight excluding hydrogens is 314 g/mol. The van der Waals surface area contributed by atoms with Gasteiger partial charge in [0.2, 0.25) is 17.6 Å². The molecule has 0 bridgehead atoms. The number of aryl methyl sites for hydroxylation is 1. The third kappa shape index (κ3) is 6.50. The molecule has 1 amide bonds. The van der Waals surface area contributed by atoms with Gasteiger partial charge in [0, 0.05) is 43.5 Å². The Labute approximate surface area is 140 Å². The Morgan fingerprint density at radius 1 is 1.48 bits per heavy atom. The first kappa shape index (κ1) is 17.6. The molecule has 23 heavy (non-hydrogen) atoms. The Balaban J connectivity index is 1.59. The smallest absolute Gasteiger partial charge is 0.227 e. The van der Waals surface area contributed by atoms with Crippen LogP contribution < -0.4 is 5.32 Å². The number of aromatic nitrogens is 2. The second kappa shape index (κ2) is 9.42. The van der Waals surface area contributed by atoms with Crippen molar-refractivity contribution >= 4 is 17.2 Å². The second-order valence-electron chi connectivity index (χ2n) is 5.70. The predicted molar refractivity (Wildman–Crippen MR) is 89.2 cm³/mol. The minimum atomic E-state index is -0.0101. The molecule has 0 fully saturated rings. The van der Waals surface area contributed by atoms with E-state index in [-0.39, 0.29) is 5.91 Å². The molecule has 0 saturated heterocycles. The molecule has 1 N–H and O–H groups in total. The summed E-state index contributed by atoms with van der Waals surface area (Å²) < 4.78 is 10.6. The van der Waals surface area contributed by atoms with E-state index in [1.807, 2.05) is 16.8 Å². The third-order valence-corrected chi connectivity index (χ3v) is 3.74. The zero-order chi connectivity index (χ0) is 16.5. The maximum atomic E-state index is 11.8. The van der Waals surface area contributed by atoms with Crippen molar-refractivity contribution < 1.29 is 14.1 Å². The lowest BCUT2D eigenvalue weighted by Crippen LogP contribution is -2.25. The first-order valence-electron chi connectivity index (χ1n) is 7.84. The molecule has 0 aliphatic rings. The predicted octanol–water partition coefficient (Wildman–Crippen LogP) is 2.91. The normalized spacial score (nSPS) is 11.1. The van der Waals surface area contributed by atoms with E-state index in [9.17, 15) is 4.79 Å². The fourth-order valence-corrected chi connectivity index (χ4v) is 2.53. The summed E-state index contributed by atoms with van der Waals surface area (Å²) in [5.41, 5.74) is 0.941. The molecule has 0 radical (unpaired) electrons. The van der Waals surface area contributed by atoms with Crippen LogP contribution in [0.1, 0.15) is 32.6 Å². The summed E-state index contributed by atoms with van der Waals surface area (Å²) in [4.78, 5) is 16.0. The molecule has 0 spiro atoms. The zero-order valence-corrected chi connectivity index (χ0v) is 14.4. The maximum absolute atomic E-state index is 11.8. The number of rotatable bonds is 10. The van der Waals surface area contributed by atoms with Gasteiger partial charge in [0.15, 0.2) is 0 Å². The first-order valence-corrected chi connectivity index (χ1v) is 8.79. The highest BCUT2D eigenvalue weighted by molar-refractivity contribution is 7.08. The Hall–Kier alpha value is -1.73. The molecule has 7 heteroatoms. The number of carbonyl (C=O) groups is 1. The van der Waals surface area contributed by atoms with E-state index in [0.717, 1.165) is 18.6 Å². The number of hydrogen-bond acceptors (Lipinski definition) is 6. The van der Waals surface area contributed by atoms with Crippen molar-refractivity contribution in [3.05, 3.63) is 22.7 Å². The number of hydrogen-bond donors (Lipinski definition) is 1. The number of ether oxygens (including phenoxy) is 1. The number of thiophene rings is 1. The lowest BCUT2D eigenvalue weighted by molar-refractivity contribution is -0.121. The molecule has 2 aromatic heterocycles. The van der Waals surface area contributed by atoms with Crippen molar-refractivity contribution in [2.75, 3.05) is 19.8 Å². The van der Waals surface area contributed by atoms with Crippen LogP contribution >= 0.6 is 11.3 Å². The average Bonchev–Trinajstić information content (AvgIpc) is 3.18. The van der Waals surface area contributed by atoms with Crippen LogP contribution in [0.5, 0.6) is 0 Å². The van der Waals surface area contributed by atoms with Crippen LogP contribution in [-0.2, 0) is 16.0 Å². The highest BCUT2D eigenvalue weighted by Crippen LogP contribution is 2.18. The van der Waals surface area contributed by atoms with Crippen molar-refractivity contribution in [2.24, 2.45) is 5.92 Å². The van der Waals surface area contributed by atoms with Gasteiger partial charge in [-0.05, 0) is 23.8 Å². The monoisotopic (exact) mass is 337 g/mol. The van der Waals surface area contributed by atoms with Crippen LogP contribution in [0.15, 0.2) is 21.3 Å². The lowest BCUT2D eigenvalue weighted by atomic mass is 10.2. The van der Waals surface area contributed by atoms with Gasteiger partial charge in [0.05, 0.1) is 0 Å². The summed E-state index contributed by atoms with van der Waals surface area (Å²) >= 11 is 1.58. The molecule has 0 aromatic carbocycles. The molecule has 2 aromatic rings. The summed E-state index contributed by atoms with van der Waals surface area (Å²) in [5.74, 6) is 1.59. The number of amides is 1. The van der Waals surface area contributed by atoms with Gasteiger partial charge in [0.1, 0.15) is 0 Å². The van der Waals surface area contributed by atoms with Gasteiger partial charge >= 0.3 is 0 Å². The Morgan fingerprint density at radius 2 is 2.35 bits per heavy atom. The Bertz CT molecular complexity index is 581. The van der Waals surface area contributed by atoms with Crippen LogP contribution in [0.2, 0.25) is 0 Å². The minimum Gasteiger partial charge on any atom is -0.381 e. The highest BCUT2D eigenvalue weighted by Gasteiger charge is 2.10. The van der Waals surface area contributed by atoms with E-state index >= 15 is 0 Å². The van der Waals surface area contributed by atoms with E-state index in [1.54, 1.807) is 11.3 Å². The van der Waals surface area contributed by atoms with E-state index < -0.39 is 0 Å². The molecule has 2 rings (SSSR count). The fraction of sp³-hybridized carbons (Fsp3) is 0.562. The summed E-state index contributed by atoms with van der Waals surface area (Å²) in [6, 6.07) is 1.94. The summed E-state index contributed by atoms with van der Waals surface area (Å²) in [5, 5.41) is 10.7. The van der Waals surface area contributed by atoms with Gasteiger partial charge in [-0.3, -0.25) is 4.79 Å². The number of nitrogens with zero attached hydrogens (tertiary/aromatic N) is 2. The maximum Gasteiger partial charge on any atom is 0.227 e. The molecular formula is C16H23N3O3S. The number of carbonyl (C=O) groups excluding carboxylic acids is 1. The van der Waals surface area contributed by atoms with Gasteiger partial charge in [-0.25, -0.2) is 0 Å². The minimum absolute atomic E-state index is 0.0101. The Morgan fingerprint density at radius 3 is 3.09 bits per heavy atom. The molecule has 2 heterocycles. The fourth-order valence-electron chi connectivity index (χ4n) is 1.90. The number of nitrogens with one attached hydrogen (secondary N) is 1. The lowest BCUT2D eigenvalue weighted by Gasteiger charge is -2.07. The van der Waals surface area contributed by atoms with Crippen molar-refractivity contribution in [3.63, 3.8) is 0 Å². The van der Waals surface area contributed by atoms with Crippen LogP contribution in [0.3, 0.4) is 0 Å². The molecule has 126 valence electrons. The largest absolute Gasteiger partial charge is 0.381 e. The molecule has 6 nitrogen and oxygen atoms in total. The van der Waals surface area contributed by atoms with Crippen LogP contribution in [-0.4, -0.2) is 35.8 Å². The van der Waals surface area contributed by atoms with Crippen molar-refractivity contribution in [1.29, 1.82) is 0 Å². The molecule has 0 aliphatic heterocycles. The van der Waals surface area contributed by atoms with E-state index in [1.165, 1.54) is 0 Å². The van der Waals surface area contributed by atoms with Gasteiger partial charge < -0.3 is 14.6 Å². The van der Waals surface area contributed by atoms with Crippen molar-refractivity contribution in [3.8, 4) is 11.4 Å². The average molecular weight is 337 g/mol. The Kier molecular flexibility index (Phi) is 7.22. The van der Waals surface area contributed by atoms with E-state index in [2.05, 4.69) is 29.3 Å². The van der Waals surface area contributed by atoms with Gasteiger partial charge in [-0.1, -0.05) is 19.0 Å². The van der Waals surface area contributed by atoms with E-state index in [0.29, 0.717) is 43.6 Å². The van der Waals surface area contributed by atoms with Crippen LogP contribution in [0.4, 0.5) is 0 Å². The first-order chi connectivity index (χ1) is 11.1.